The Morgan fingerprint density at radius 2 is 2.21 bits per heavy atom. The molecule has 1 saturated carbocycles. The topological polar surface area (TPSA) is 43.1 Å². The van der Waals surface area contributed by atoms with Crippen molar-refractivity contribution in [3.63, 3.8) is 0 Å². The second-order valence-electron chi connectivity index (χ2n) is 3.65. The van der Waals surface area contributed by atoms with E-state index in [1.54, 1.807) is 4.52 Å². The molecule has 1 fully saturated rings. The number of nitrogens with zero attached hydrogens (tertiary/aromatic N) is 4. The van der Waals surface area contributed by atoms with Gasteiger partial charge in [0.25, 0.3) is 5.78 Å². The Balaban J connectivity index is 2.26. The van der Waals surface area contributed by atoms with Gasteiger partial charge in [0.1, 0.15) is 11.0 Å². The fraction of sp³-hybridized carbons (Fsp3) is 0.444. The molecule has 14 heavy (non-hydrogen) atoms. The number of halogens is 1. The van der Waals surface area contributed by atoms with Crippen LogP contribution in [0.25, 0.3) is 5.78 Å². The van der Waals surface area contributed by atoms with Gasteiger partial charge in [0, 0.05) is 5.92 Å². The average molecular weight is 209 g/mol. The highest BCUT2D eigenvalue weighted by Gasteiger charge is 2.26. The Labute approximate surface area is 85.9 Å². The van der Waals surface area contributed by atoms with Crippen molar-refractivity contribution in [1.82, 2.24) is 19.6 Å². The Kier molecular flexibility index (Phi) is 1.56. The van der Waals surface area contributed by atoms with Crippen LogP contribution in [0.3, 0.4) is 0 Å². The van der Waals surface area contributed by atoms with Crippen molar-refractivity contribution in [2.45, 2.75) is 25.7 Å². The lowest BCUT2D eigenvalue weighted by Crippen LogP contribution is -1.96. The largest absolute Gasteiger partial charge is 0.254 e. The zero-order valence-electron chi connectivity index (χ0n) is 7.74. The van der Waals surface area contributed by atoms with E-state index in [0.717, 1.165) is 5.69 Å². The second-order valence-corrected chi connectivity index (χ2v) is 4.04. The lowest BCUT2D eigenvalue weighted by molar-refractivity contribution is 0.894. The first kappa shape index (κ1) is 8.17. The quantitative estimate of drug-likeness (QED) is 0.673. The summed E-state index contributed by atoms with van der Waals surface area (Å²) in [6, 6.07) is 1.89. The summed E-state index contributed by atoms with van der Waals surface area (Å²) in [6.07, 6.45) is 2.43. The van der Waals surface area contributed by atoms with Crippen LogP contribution in [0.4, 0.5) is 0 Å². The summed E-state index contributed by atoms with van der Waals surface area (Å²) in [5, 5.41) is 4.74. The molecule has 0 atom stereocenters. The normalized spacial score (nSPS) is 16.4. The summed E-state index contributed by atoms with van der Waals surface area (Å²) in [6.45, 7) is 1.84. The molecule has 4 nitrogen and oxygen atoms in total. The highest BCUT2D eigenvalue weighted by atomic mass is 35.5. The van der Waals surface area contributed by atoms with Gasteiger partial charge >= 0.3 is 0 Å². The van der Waals surface area contributed by atoms with Crippen molar-refractivity contribution >= 4 is 17.4 Å². The first-order chi connectivity index (χ1) is 6.74. The van der Waals surface area contributed by atoms with Crippen molar-refractivity contribution < 1.29 is 0 Å². The summed E-state index contributed by atoms with van der Waals surface area (Å²) in [5.41, 5.74) is 1.05. The van der Waals surface area contributed by atoms with Crippen LogP contribution in [0.2, 0.25) is 5.15 Å². The molecule has 0 spiro atoms. The van der Waals surface area contributed by atoms with E-state index in [0.29, 0.717) is 22.7 Å². The number of rotatable bonds is 1. The van der Waals surface area contributed by atoms with E-state index in [4.69, 9.17) is 11.6 Å². The molecular formula is C9H9ClN4. The van der Waals surface area contributed by atoms with Gasteiger partial charge in [0.15, 0.2) is 0 Å². The van der Waals surface area contributed by atoms with Crippen LogP contribution in [-0.2, 0) is 0 Å². The van der Waals surface area contributed by atoms with E-state index in [9.17, 15) is 0 Å². The van der Waals surface area contributed by atoms with Crippen molar-refractivity contribution in [2.24, 2.45) is 0 Å². The van der Waals surface area contributed by atoms with Gasteiger partial charge in [-0.2, -0.15) is 9.50 Å². The monoisotopic (exact) mass is 208 g/mol. The second kappa shape index (κ2) is 2.67. The van der Waals surface area contributed by atoms with E-state index < -0.39 is 0 Å². The fourth-order valence-electron chi connectivity index (χ4n) is 1.54. The Morgan fingerprint density at radius 3 is 2.93 bits per heavy atom. The van der Waals surface area contributed by atoms with Gasteiger partial charge in [0.2, 0.25) is 0 Å². The van der Waals surface area contributed by atoms with Gasteiger partial charge in [-0.1, -0.05) is 11.6 Å². The minimum absolute atomic E-state index is 0.592. The third-order valence-electron chi connectivity index (χ3n) is 2.39. The maximum absolute atomic E-state index is 6.07. The van der Waals surface area contributed by atoms with E-state index >= 15 is 0 Å². The molecule has 0 bridgehead atoms. The Bertz CT molecular complexity index is 501. The third-order valence-corrected chi connectivity index (χ3v) is 2.66. The number of aromatic nitrogens is 4. The van der Waals surface area contributed by atoms with Crippen LogP contribution in [0, 0.1) is 6.92 Å². The molecule has 2 aromatic heterocycles. The summed E-state index contributed by atoms with van der Waals surface area (Å²) >= 11 is 6.07. The molecule has 1 aliphatic rings. The molecule has 72 valence electrons. The van der Waals surface area contributed by atoms with Crippen molar-refractivity contribution in [1.29, 1.82) is 0 Å². The van der Waals surface area contributed by atoms with E-state index in [2.05, 4.69) is 15.1 Å². The molecule has 0 amide bonds. The molecule has 2 aromatic rings. The third kappa shape index (κ3) is 1.18. The molecule has 0 saturated heterocycles. The summed E-state index contributed by atoms with van der Waals surface area (Å²) in [7, 11) is 0. The first-order valence-corrected chi connectivity index (χ1v) is 5.01. The average Bonchev–Trinajstić information content (AvgIpc) is 2.89. The standard InChI is InChI=1S/C9H9ClN4/c1-5-11-9-12-7(6-2-3-6)4-8(10)14(9)13-5/h4,6H,2-3H2,1H3. The van der Waals surface area contributed by atoms with Crippen LogP contribution in [0.5, 0.6) is 0 Å². The minimum atomic E-state index is 0.592. The van der Waals surface area contributed by atoms with Crippen LogP contribution >= 0.6 is 11.6 Å². The number of fused-ring (bicyclic) bond motifs is 1. The highest BCUT2D eigenvalue weighted by Crippen LogP contribution is 2.39. The minimum Gasteiger partial charge on any atom is -0.216 e. The number of hydrogen-bond donors (Lipinski definition) is 0. The molecule has 0 N–H and O–H groups in total. The van der Waals surface area contributed by atoms with Crippen LogP contribution in [-0.4, -0.2) is 19.6 Å². The predicted octanol–water partition coefficient (Wildman–Crippen LogP) is 1.96. The molecule has 0 radical (unpaired) electrons. The van der Waals surface area contributed by atoms with E-state index in [1.165, 1.54) is 12.8 Å². The zero-order chi connectivity index (χ0) is 9.71. The Morgan fingerprint density at radius 1 is 1.43 bits per heavy atom. The van der Waals surface area contributed by atoms with Gasteiger partial charge in [-0.05, 0) is 25.8 Å². The molecule has 5 heteroatoms. The van der Waals surface area contributed by atoms with Crippen molar-refractivity contribution in [3.05, 3.63) is 22.7 Å². The molecular weight excluding hydrogens is 200 g/mol. The zero-order valence-corrected chi connectivity index (χ0v) is 8.49. The smallest absolute Gasteiger partial charge is 0.216 e. The van der Waals surface area contributed by atoms with Crippen LogP contribution < -0.4 is 0 Å². The highest BCUT2D eigenvalue weighted by molar-refractivity contribution is 6.29. The van der Waals surface area contributed by atoms with Gasteiger partial charge in [-0.15, -0.1) is 5.10 Å². The number of aryl methyl sites for hydroxylation is 1. The molecule has 3 rings (SSSR count). The molecule has 0 aliphatic heterocycles. The lowest BCUT2D eigenvalue weighted by Gasteiger charge is -1.99. The van der Waals surface area contributed by atoms with Crippen LogP contribution in [0.1, 0.15) is 30.3 Å². The van der Waals surface area contributed by atoms with Gasteiger partial charge in [-0.3, -0.25) is 0 Å². The van der Waals surface area contributed by atoms with Crippen molar-refractivity contribution in [2.75, 3.05) is 0 Å². The lowest BCUT2D eigenvalue weighted by atomic mass is 10.3. The van der Waals surface area contributed by atoms with Crippen LogP contribution in [0.15, 0.2) is 6.07 Å². The Hall–Kier alpha value is -1.16. The molecule has 0 aromatic carbocycles. The molecule has 2 heterocycles. The van der Waals surface area contributed by atoms with Crippen molar-refractivity contribution in [3.8, 4) is 0 Å². The summed E-state index contributed by atoms with van der Waals surface area (Å²) in [5.74, 6) is 1.90. The summed E-state index contributed by atoms with van der Waals surface area (Å²) in [4.78, 5) is 8.62. The first-order valence-electron chi connectivity index (χ1n) is 4.64. The fourth-order valence-corrected chi connectivity index (χ4v) is 1.76. The van der Waals surface area contributed by atoms with Gasteiger partial charge in [-0.25, -0.2) is 4.98 Å². The van der Waals surface area contributed by atoms with E-state index in [1.807, 2.05) is 13.0 Å². The molecule has 0 unspecified atom stereocenters. The van der Waals surface area contributed by atoms with E-state index in [-0.39, 0.29) is 0 Å². The maximum Gasteiger partial charge on any atom is 0.254 e. The maximum atomic E-state index is 6.07. The SMILES string of the molecule is Cc1nc2nc(C3CC3)cc(Cl)n2n1. The molecule has 1 aliphatic carbocycles. The predicted molar refractivity (Wildman–Crippen MR) is 52.5 cm³/mol. The number of hydrogen-bond acceptors (Lipinski definition) is 3. The summed E-state index contributed by atoms with van der Waals surface area (Å²) < 4.78 is 1.57. The van der Waals surface area contributed by atoms with Gasteiger partial charge in [0.05, 0.1) is 5.69 Å². The van der Waals surface area contributed by atoms with Gasteiger partial charge < -0.3 is 0 Å².